The highest BCUT2D eigenvalue weighted by atomic mass is 32.2. The van der Waals surface area contributed by atoms with E-state index in [1.165, 1.54) is 4.31 Å². The monoisotopic (exact) mass is 312 g/mol. The van der Waals surface area contributed by atoms with Crippen LogP contribution in [0.5, 0.6) is 0 Å². The summed E-state index contributed by atoms with van der Waals surface area (Å²) >= 11 is 0. The fourth-order valence-electron chi connectivity index (χ4n) is 2.44. The Morgan fingerprint density at radius 2 is 1.68 bits per heavy atom. The van der Waals surface area contributed by atoms with E-state index in [4.69, 9.17) is 0 Å². The van der Waals surface area contributed by atoms with Gasteiger partial charge in [-0.2, -0.15) is 0 Å². The van der Waals surface area contributed by atoms with Crippen LogP contribution < -0.4 is 4.31 Å². The topological polar surface area (TPSA) is 50.3 Å². The lowest BCUT2D eigenvalue weighted by molar-refractivity contribution is 0.595. The van der Waals surface area contributed by atoms with Gasteiger partial charge in [-0.25, -0.2) is 8.42 Å². The van der Waals surface area contributed by atoms with Crippen LogP contribution in [0.15, 0.2) is 65.7 Å². The number of pyridine rings is 1. The number of nitrogens with zero attached hydrogens (tertiary/aromatic N) is 2. The Morgan fingerprint density at radius 3 is 2.41 bits per heavy atom. The van der Waals surface area contributed by atoms with Gasteiger partial charge in [-0.15, -0.1) is 0 Å². The Hall–Kier alpha value is -2.40. The maximum atomic E-state index is 13.0. The first-order chi connectivity index (χ1) is 10.5. The van der Waals surface area contributed by atoms with Crippen molar-refractivity contribution in [2.75, 3.05) is 11.4 Å². The zero-order chi connectivity index (χ0) is 15.7. The van der Waals surface area contributed by atoms with Crippen molar-refractivity contribution < 1.29 is 8.42 Å². The molecule has 0 atom stereocenters. The van der Waals surface area contributed by atoms with Crippen molar-refractivity contribution in [2.24, 2.45) is 0 Å². The molecule has 2 aromatic carbocycles. The van der Waals surface area contributed by atoms with E-state index in [9.17, 15) is 8.42 Å². The molecule has 0 saturated heterocycles. The number of rotatable bonds is 3. The molecule has 112 valence electrons. The average molecular weight is 312 g/mol. The Labute approximate surface area is 130 Å². The number of benzene rings is 2. The molecule has 4 nitrogen and oxygen atoms in total. The smallest absolute Gasteiger partial charge is 0.264 e. The molecule has 5 heteroatoms. The van der Waals surface area contributed by atoms with Crippen molar-refractivity contribution in [2.45, 2.75) is 11.8 Å². The van der Waals surface area contributed by atoms with Crippen molar-refractivity contribution in [3.8, 4) is 0 Å². The fourth-order valence-corrected chi connectivity index (χ4v) is 3.81. The molecular weight excluding hydrogens is 296 g/mol. The molecule has 0 aliphatic heterocycles. The van der Waals surface area contributed by atoms with Gasteiger partial charge in [-0.05, 0) is 42.8 Å². The summed E-state index contributed by atoms with van der Waals surface area (Å²) in [5.74, 6) is 0. The normalized spacial score (nSPS) is 11.5. The van der Waals surface area contributed by atoms with Crippen LogP contribution in [0.3, 0.4) is 0 Å². The quantitative estimate of drug-likeness (QED) is 0.745. The maximum absolute atomic E-state index is 13.0. The third kappa shape index (κ3) is 2.33. The molecule has 0 N–H and O–H groups in total. The molecule has 22 heavy (non-hydrogen) atoms. The Bertz CT molecular complexity index is 922. The highest BCUT2D eigenvalue weighted by molar-refractivity contribution is 7.93. The fraction of sp³-hybridized carbons (Fsp3) is 0.118. The molecule has 0 unspecified atom stereocenters. The van der Waals surface area contributed by atoms with Crippen LogP contribution in [0.4, 0.5) is 5.69 Å². The van der Waals surface area contributed by atoms with E-state index in [0.29, 0.717) is 16.6 Å². The van der Waals surface area contributed by atoms with Crippen molar-refractivity contribution in [3.63, 3.8) is 0 Å². The number of aromatic nitrogens is 1. The Balaban J connectivity index is 2.20. The lowest BCUT2D eigenvalue weighted by atomic mass is 10.1. The first-order valence-corrected chi connectivity index (χ1v) is 8.34. The molecule has 0 radical (unpaired) electrons. The first kappa shape index (κ1) is 14.5. The van der Waals surface area contributed by atoms with Crippen LogP contribution in [0.25, 0.3) is 10.9 Å². The number of aryl methyl sites for hydroxylation is 1. The maximum Gasteiger partial charge on any atom is 0.264 e. The summed E-state index contributed by atoms with van der Waals surface area (Å²) in [5, 5.41) is 0.644. The van der Waals surface area contributed by atoms with Crippen LogP contribution in [0.2, 0.25) is 0 Å². The summed E-state index contributed by atoms with van der Waals surface area (Å²) < 4.78 is 27.2. The van der Waals surface area contributed by atoms with Gasteiger partial charge in [0.2, 0.25) is 0 Å². The van der Waals surface area contributed by atoms with E-state index >= 15 is 0 Å². The van der Waals surface area contributed by atoms with Crippen LogP contribution in [0, 0.1) is 6.92 Å². The second-order valence-electron chi connectivity index (χ2n) is 5.09. The molecule has 0 amide bonds. The van der Waals surface area contributed by atoms with E-state index in [1.54, 1.807) is 49.6 Å². The first-order valence-electron chi connectivity index (χ1n) is 6.90. The number of fused-ring (bicyclic) bond motifs is 1. The summed E-state index contributed by atoms with van der Waals surface area (Å²) in [5.41, 5.74) is 2.29. The van der Waals surface area contributed by atoms with Crippen molar-refractivity contribution in [1.82, 2.24) is 4.98 Å². The van der Waals surface area contributed by atoms with E-state index in [-0.39, 0.29) is 4.90 Å². The lowest BCUT2D eigenvalue weighted by Gasteiger charge is -2.20. The van der Waals surface area contributed by atoms with Gasteiger partial charge in [-0.3, -0.25) is 9.29 Å². The summed E-state index contributed by atoms with van der Waals surface area (Å²) in [4.78, 5) is 4.57. The molecule has 1 heterocycles. The molecule has 1 aromatic heterocycles. The molecule has 0 saturated carbocycles. The molecule has 0 bridgehead atoms. The second kappa shape index (κ2) is 5.42. The third-order valence-corrected chi connectivity index (χ3v) is 5.53. The zero-order valence-electron chi connectivity index (χ0n) is 12.4. The molecule has 3 rings (SSSR count). The van der Waals surface area contributed by atoms with Crippen LogP contribution in [-0.2, 0) is 10.0 Å². The number of sulfonamides is 1. The van der Waals surface area contributed by atoms with Gasteiger partial charge in [0.1, 0.15) is 0 Å². The minimum Gasteiger partial charge on any atom is -0.269 e. The molecule has 0 spiro atoms. The highest BCUT2D eigenvalue weighted by Gasteiger charge is 2.24. The van der Waals surface area contributed by atoms with Gasteiger partial charge in [0.15, 0.2) is 0 Å². The number of anilines is 1. The Kier molecular flexibility index (Phi) is 3.58. The lowest BCUT2D eigenvalue weighted by Crippen LogP contribution is -2.26. The molecule has 0 fully saturated rings. The van der Waals surface area contributed by atoms with E-state index in [0.717, 1.165) is 5.56 Å². The third-order valence-electron chi connectivity index (χ3n) is 3.69. The summed E-state index contributed by atoms with van der Waals surface area (Å²) in [6, 6.07) is 16.0. The van der Waals surface area contributed by atoms with Crippen molar-refractivity contribution in [1.29, 1.82) is 0 Å². The second-order valence-corrected chi connectivity index (χ2v) is 7.03. The minimum absolute atomic E-state index is 0.271. The van der Waals surface area contributed by atoms with Gasteiger partial charge in [0.05, 0.1) is 16.1 Å². The molecular formula is C17H16N2O2S. The standard InChI is InChI=1S/C17H16N2O2S/c1-13-10-11-16(15-9-6-12-18-17(13)15)22(20,21)19(2)14-7-4-3-5-8-14/h3-12H,1-2H3. The number of hydrogen-bond acceptors (Lipinski definition) is 3. The molecule has 0 aliphatic rings. The number of para-hydroxylation sites is 1. The average Bonchev–Trinajstić information content (AvgIpc) is 2.55. The Morgan fingerprint density at radius 1 is 0.955 bits per heavy atom. The molecule has 3 aromatic rings. The van der Waals surface area contributed by atoms with E-state index < -0.39 is 10.0 Å². The van der Waals surface area contributed by atoms with Crippen LogP contribution >= 0.6 is 0 Å². The van der Waals surface area contributed by atoms with Gasteiger partial charge in [-0.1, -0.05) is 24.3 Å². The molecule has 0 aliphatic carbocycles. The van der Waals surface area contributed by atoms with Gasteiger partial charge in [0, 0.05) is 18.6 Å². The zero-order valence-corrected chi connectivity index (χ0v) is 13.2. The predicted octanol–water partition coefficient (Wildman–Crippen LogP) is 3.37. The predicted molar refractivity (Wildman–Crippen MR) is 88.5 cm³/mol. The van der Waals surface area contributed by atoms with Crippen LogP contribution in [0.1, 0.15) is 5.56 Å². The van der Waals surface area contributed by atoms with Gasteiger partial charge < -0.3 is 0 Å². The van der Waals surface area contributed by atoms with Crippen molar-refractivity contribution >= 4 is 26.6 Å². The highest BCUT2D eigenvalue weighted by Crippen LogP contribution is 2.28. The van der Waals surface area contributed by atoms with E-state index in [1.807, 2.05) is 25.1 Å². The minimum atomic E-state index is -3.64. The summed E-state index contributed by atoms with van der Waals surface area (Å²) in [7, 11) is -2.08. The SMILES string of the molecule is Cc1ccc(S(=O)(=O)N(C)c2ccccc2)c2cccnc12. The number of hydrogen-bond donors (Lipinski definition) is 0. The van der Waals surface area contributed by atoms with Crippen molar-refractivity contribution in [3.05, 3.63) is 66.4 Å². The van der Waals surface area contributed by atoms with E-state index in [2.05, 4.69) is 4.98 Å². The largest absolute Gasteiger partial charge is 0.269 e. The van der Waals surface area contributed by atoms with Gasteiger partial charge in [0.25, 0.3) is 10.0 Å². The van der Waals surface area contributed by atoms with Gasteiger partial charge >= 0.3 is 0 Å². The summed E-state index contributed by atoms with van der Waals surface area (Å²) in [6.45, 7) is 1.92. The van der Waals surface area contributed by atoms with Crippen LogP contribution in [-0.4, -0.2) is 20.4 Å². The summed E-state index contributed by atoms with van der Waals surface area (Å²) in [6.07, 6.45) is 1.67.